The number of nitrogens with zero attached hydrogens (tertiary/aromatic N) is 2. The van der Waals surface area contributed by atoms with E-state index >= 15 is 0 Å². The van der Waals surface area contributed by atoms with Crippen LogP contribution in [-0.2, 0) is 0 Å². The molecule has 0 fully saturated rings. The number of nitrogens with one attached hydrogen (secondary N) is 2. The molecule has 2 aromatic heterocycles. The molecule has 4 rings (SSSR count). The minimum atomic E-state index is -0.251. The molecular weight excluding hydrogens is 332 g/mol. The van der Waals surface area contributed by atoms with Crippen LogP contribution in [0.15, 0.2) is 58.6 Å². The zero-order valence-electron chi connectivity index (χ0n) is 11.7. The van der Waals surface area contributed by atoms with E-state index in [4.69, 9.17) is 11.6 Å². The molecule has 5 nitrogen and oxygen atoms in total. The van der Waals surface area contributed by atoms with E-state index in [0.29, 0.717) is 15.7 Å². The van der Waals surface area contributed by atoms with Gasteiger partial charge >= 0.3 is 5.69 Å². The van der Waals surface area contributed by atoms with E-state index in [2.05, 4.69) is 27.6 Å². The van der Waals surface area contributed by atoms with Crippen LogP contribution in [0.4, 0.5) is 0 Å². The van der Waals surface area contributed by atoms with Crippen molar-refractivity contribution >= 4 is 35.3 Å². The van der Waals surface area contributed by atoms with Crippen molar-refractivity contribution in [1.82, 2.24) is 19.5 Å². The van der Waals surface area contributed by atoms with Gasteiger partial charge in [0.25, 0.3) is 0 Å². The molecular formula is C16H11ClN4OS. The van der Waals surface area contributed by atoms with Gasteiger partial charge in [-0.25, -0.2) is 9.78 Å². The summed E-state index contributed by atoms with van der Waals surface area (Å²) in [7, 11) is 0. The Balaban J connectivity index is 1.98. The monoisotopic (exact) mass is 342 g/mol. The summed E-state index contributed by atoms with van der Waals surface area (Å²) in [6.45, 7) is 0. The van der Waals surface area contributed by atoms with Gasteiger partial charge in [-0.15, -0.1) is 12.6 Å². The molecule has 0 spiro atoms. The number of hydrogen-bond donors (Lipinski definition) is 3. The molecule has 0 atom stereocenters. The number of aromatic amines is 2. The molecule has 2 heterocycles. The summed E-state index contributed by atoms with van der Waals surface area (Å²) in [5.41, 5.74) is 3.72. The lowest BCUT2D eigenvalue weighted by molar-refractivity contribution is 0.992. The van der Waals surface area contributed by atoms with Gasteiger partial charge in [-0.1, -0.05) is 23.7 Å². The molecule has 0 aliphatic heterocycles. The summed E-state index contributed by atoms with van der Waals surface area (Å²) in [4.78, 5) is 22.4. The lowest BCUT2D eigenvalue weighted by Crippen LogP contribution is -2.15. The number of halogens is 1. The summed E-state index contributed by atoms with van der Waals surface area (Å²) < 4.78 is 1.59. The van der Waals surface area contributed by atoms with E-state index in [0.717, 1.165) is 22.3 Å². The first-order valence-electron chi connectivity index (χ1n) is 6.87. The maximum absolute atomic E-state index is 12.4. The van der Waals surface area contributed by atoms with Gasteiger partial charge in [0.2, 0.25) is 0 Å². The van der Waals surface area contributed by atoms with E-state index < -0.39 is 0 Å². The predicted octanol–water partition coefficient (Wildman–Crippen LogP) is 3.65. The molecule has 2 N–H and O–H groups in total. The Morgan fingerprint density at radius 2 is 1.91 bits per heavy atom. The zero-order chi connectivity index (χ0) is 16.0. The number of aromatic nitrogens is 4. The predicted molar refractivity (Wildman–Crippen MR) is 93.7 cm³/mol. The van der Waals surface area contributed by atoms with Crippen molar-refractivity contribution in [3.05, 3.63) is 64.3 Å². The number of rotatable bonds is 2. The number of thiol groups is 1. The number of hydrogen-bond acceptors (Lipinski definition) is 3. The van der Waals surface area contributed by atoms with Crippen molar-refractivity contribution in [1.29, 1.82) is 0 Å². The third-order valence-electron chi connectivity index (χ3n) is 3.66. The second-order valence-corrected chi connectivity index (χ2v) is 5.96. The molecule has 4 aromatic rings. The van der Waals surface area contributed by atoms with Gasteiger partial charge in [-0.3, -0.25) is 4.57 Å². The molecule has 0 unspecified atom stereocenters. The summed E-state index contributed by atoms with van der Waals surface area (Å²) in [6, 6.07) is 12.9. The third-order valence-corrected chi connectivity index (χ3v) is 4.23. The van der Waals surface area contributed by atoms with Crippen LogP contribution in [0.25, 0.3) is 28.0 Å². The van der Waals surface area contributed by atoms with E-state index in [1.807, 2.05) is 30.3 Å². The zero-order valence-corrected chi connectivity index (χ0v) is 13.4. The van der Waals surface area contributed by atoms with Gasteiger partial charge in [0.1, 0.15) is 0 Å². The van der Waals surface area contributed by atoms with Gasteiger partial charge in [0, 0.05) is 10.6 Å². The number of imidazole rings is 2. The molecule has 0 bridgehead atoms. The van der Waals surface area contributed by atoms with Crippen LogP contribution < -0.4 is 5.69 Å². The normalized spacial score (nSPS) is 11.2. The molecule has 23 heavy (non-hydrogen) atoms. The molecule has 7 heteroatoms. The Bertz CT molecular complexity index is 1060. The second kappa shape index (κ2) is 5.33. The minimum Gasteiger partial charge on any atom is -0.345 e. The SMILES string of the molecule is O=c1[nH]c(S)c(-c2ccc(Cl)cc2)n1-c1ccc2nc[nH]c2c1. The van der Waals surface area contributed by atoms with Crippen LogP contribution in [-0.4, -0.2) is 19.5 Å². The van der Waals surface area contributed by atoms with E-state index in [1.165, 1.54) is 0 Å². The highest BCUT2D eigenvalue weighted by Crippen LogP contribution is 2.28. The van der Waals surface area contributed by atoms with E-state index in [1.54, 1.807) is 23.0 Å². The smallest absolute Gasteiger partial charge is 0.331 e. The Morgan fingerprint density at radius 3 is 2.70 bits per heavy atom. The molecule has 114 valence electrons. The fraction of sp³-hybridized carbons (Fsp3) is 0. The van der Waals surface area contributed by atoms with E-state index in [9.17, 15) is 4.79 Å². The number of fused-ring (bicyclic) bond motifs is 1. The first kappa shape index (κ1) is 14.2. The Kier molecular flexibility index (Phi) is 3.28. The lowest BCUT2D eigenvalue weighted by Gasteiger charge is -2.08. The average Bonchev–Trinajstić information content (AvgIpc) is 3.11. The molecule has 0 aliphatic carbocycles. The van der Waals surface area contributed by atoms with Crippen LogP contribution in [0.3, 0.4) is 0 Å². The van der Waals surface area contributed by atoms with E-state index in [-0.39, 0.29) is 5.69 Å². The van der Waals surface area contributed by atoms with Crippen LogP contribution in [0.2, 0.25) is 5.02 Å². The summed E-state index contributed by atoms with van der Waals surface area (Å²) in [5.74, 6) is 0. The first-order valence-corrected chi connectivity index (χ1v) is 7.69. The lowest BCUT2D eigenvalue weighted by atomic mass is 10.1. The highest BCUT2D eigenvalue weighted by atomic mass is 35.5. The number of benzene rings is 2. The molecule has 0 amide bonds. The van der Waals surface area contributed by atoms with Gasteiger partial charge in [-0.05, 0) is 30.3 Å². The van der Waals surface area contributed by atoms with Crippen LogP contribution in [0.5, 0.6) is 0 Å². The van der Waals surface area contributed by atoms with Gasteiger partial charge in [-0.2, -0.15) is 0 Å². The van der Waals surface area contributed by atoms with Gasteiger partial charge in [0.05, 0.1) is 33.8 Å². The Labute approximate surface area is 141 Å². The Morgan fingerprint density at radius 1 is 1.13 bits per heavy atom. The topological polar surface area (TPSA) is 66.5 Å². The van der Waals surface area contributed by atoms with Crippen molar-refractivity contribution in [3.8, 4) is 16.9 Å². The molecule has 0 aliphatic rings. The Hall–Kier alpha value is -2.44. The minimum absolute atomic E-state index is 0.251. The maximum Gasteiger partial charge on any atom is 0.331 e. The van der Waals surface area contributed by atoms with Crippen LogP contribution in [0, 0.1) is 0 Å². The second-order valence-electron chi connectivity index (χ2n) is 5.07. The van der Waals surface area contributed by atoms with Crippen LogP contribution >= 0.6 is 24.2 Å². The molecule has 0 saturated heterocycles. The summed E-state index contributed by atoms with van der Waals surface area (Å²) in [6.07, 6.45) is 1.62. The first-order chi connectivity index (χ1) is 11.1. The average molecular weight is 343 g/mol. The number of H-pyrrole nitrogens is 2. The summed E-state index contributed by atoms with van der Waals surface area (Å²) in [5, 5.41) is 1.14. The fourth-order valence-electron chi connectivity index (χ4n) is 2.61. The molecule has 0 radical (unpaired) electrons. The van der Waals surface area contributed by atoms with Crippen molar-refractivity contribution < 1.29 is 0 Å². The molecule has 2 aromatic carbocycles. The largest absolute Gasteiger partial charge is 0.345 e. The quantitative estimate of drug-likeness (QED) is 0.487. The van der Waals surface area contributed by atoms with Crippen molar-refractivity contribution in [3.63, 3.8) is 0 Å². The van der Waals surface area contributed by atoms with Crippen molar-refractivity contribution in [2.75, 3.05) is 0 Å². The van der Waals surface area contributed by atoms with Gasteiger partial charge < -0.3 is 9.97 Å². The molecule has 0 saturated carbocycles. The van der Waals surface area contributed by atoms with Crippen molar-refractivity contribution in [2.45, 2.75) is 5.03 Å². The summed E-state index contributed by atoms with van der Waals surface area (Å²) >= 11 is 10.4. The maximum atomic E-state index is 12.4. The van der Waals surface area contributed by atoms with Crippen LogP contribution in [0.1, 0.15) is 0 Å². The highest BCUT2D eigenvalue weighted by molar-refractivity contribution is 7.80. The van der Waals surface area contributed by atoms with Crippen molar-refractivity contribution in [2.24, 2.45) is 0 Å². The highest BCUT2D eigenvalue weighted by Gasteiger charge is 2.16. The third kappa shape index (κ3) is 2.36. The van der Waals surface area contributed by atoms with Gasteiger partial charge in [0.15, 0.2) is 0 Å². The standard InChI is InChI=1S/C16H11ClN4OS/c17-10-3-1-9(2-4-10)14-15(23)20-16(22)21(14)11-5-6-12-13(7-11)19-8-18-12/h1-8,23H,(H,18,19)(H,20,22). The fourth-order valence-corrected chi connectivity index (χ4v) is 3.06.